The Balaban J connectivity index is 1.66. The number of amides is 1. The molecule has 21 heavy (non-hydrogen) atoms. The van der Waals surface area contributed by atoms with E-state index in [0.29, 0.717) is 22.8 Å². The van der Waals surface area contributed by atoms with Crippen LogP contribution in [0.2, 0.25) is 5.02 Å². The van der Waals surface area contributed by atoms with Crippen molar-refractivity contribution in [1.82, 2.24) is 0 Å². The number of anilines is 2. The van der Waals surface area contributed by atoms with E-state index in [4.69, 9.17) is 17.3 Å². The molecule has 1 aliphatic rings. The van der Waals surface area contributed by atoms with E-state index in [9.17, 15) is 4.79 Å². The number of carbonyl (C=O) groups excluding carboxylic acids is 1. The molecule has 0 aromatic heterocycles. The molecule has 1 amide bonds. The fraction of sp³-hybridized carbons (Fsp3) is 0.562. The number of benzene rings is 1. The number of nitrogens with two attached hydrogens (primary N) is 1. The largest absolute Gasteiger partial charge is 0.397 e. The molecular formula is C16H23ClN2OS. The standard InChI is InChI=1S/C16H23ClN2OS/c17-12-8-9-14(18)15(11-12)19-16(20)7-4-10-21-13-5-2-1-3-6-13/h8-9,11,13H,1-7,10,18H2,(H,19,20). The third kappa shape index (κ3) is 5.79. The Kier molecular flexibility index (Phi) is 6.71. The van der Waals surface area contributed by atoms with Gasteiger partial charge < -0.3 is 11.1 Å². The number of rotatable bonds is 6. The number of nitrogens with one attached hydrogen (secondary N) is 1. The highest BCUT2D eigenvalue weighted by atomic mass is 35.5. The van der Waals surface area contributed by atoms with E-state index in [0.717, 1.165) is 17.4 Å². The topological polar surface area (TPSA) is 55.1 Å². The molecule has 3 N–H and O–H groups in total. The van der Waals surface area contributed by atoms with Gasteiger partial charge in [0, 0.05) is 16.7 Å². The van der Waals surface area contributed by atoms with Gasteiger partial charge in [-0.25, -0.2) is 0 Å². The molecule has 1 fully saturated rings. The van der Waals surface area contributed by atoms with E-state index < -0.39 is 0 Å². The molecule has 0 aliphatic heterocycles. The van der Waals surface area contributed by atoms with Crippen molar-refractivity contribution in [2.45, 2.75) is 50.2 Å². The number of hydrogen-bond donors (Lipinski definition) is 2. The Bertz CT molecular complexity index is 475. The third-order valence-corrected chi connectivity index (χ3v) is 5.45. The highest BCUT2D eigenvalue weighted by Crippen LogP contribution is 2.29. The first-order chi connectivity index (χ1) is 10.1. The summed E-state index contributed by atoms with van der Waals surface area (Å²) in [6, 6.07) is 5.11. The average molecular weight is 327 g/mol. The molecule has 0 unspecified atom stereocenters. The van der Waals surface area contributed by atoms with Crippen LogP contribution < -0.4 is 11.1 Å². The smallest absolute Gasteiger partial charge is 0.224 e. The van der Waals surface area contributed by atoms with Crippen LogP contribution >= 0.6 is 23.4 Å². The highest BCUT2D eigenvalue weighted by molar-refractivity contribution is 7.99. The summed E-state index contributed by atoms with van der Waals surface area (Å²) in [5, 5.41) is 4.22. The van der Waals surface area contributed by atoms with Gasteiger partial charge in [-0.15, -0.1) is 0 Å². The van der Waals surface area contributed by atoms with E-state index in [-0.39, 0.29) is 5.91 Å². The van der Waals surface area contributed by atoms with Crippen molar-refractivity contribution in [3.63, 3.8) is 0 Å². The van der Waals surface area contributed by atoms with Gasteiger partial charge in [-0.05, 0) is 43.2 Å². The van der Waals surface area contributed by atoms with Crippen molar-refractivity contribution in [2.24, 2.45) is 0 Å². The molecule has 1 aromatic rings. The molecule has 116 valence electrons. The second-order valence-electron chi connectivity index (χ2n) is 5.51. The quantitative estimate of drug-likeness (QED) is 0.588. The summed E-state index contributed by atoms with van der Waals surface area (Å²) >= 11 is 7.93. The molecule has 1 aliphatic carbocycles. The van der Waals surface area contributed by atoms with Gasteiger partial charge in [0.1, 0.15) is 0 Å². The lowest BCUT2D eigenvalue weighted by molar-refractivity contribution is -0.116. The SMILES string of the molecule is Nc1ccc(Cl)cc1NC(=O)CCCSC1CCCCC1. The molecule has 0 saturated heterocycles. The second kappa shape index (κ2) is 8.54. The molecule has 0 radical (unpaired) electrons. The lowest BCUT2D eigenvalue weighted by atomic mass is 10.0. The molecule has 5 heteroatoms. The lowest BCUT2D eigenvalue weighted by Gasteiger charge is -2.20. The van der Waals surface area contributed by atoms with Crippen LogP contribution in [0.25, 0.3) is 0 Å². The van der Waals surface area contributed by atoms with Crippen molar-refractivity contribution >= 4 is 40.6 Å². The molecule has 1 saturated carbocycles. The van der Waals surface area contributed by atoms with Crippen molar-refractivity contribution in [3.8, 4) is 0 Å². The average Bonchev–Trinajstić information content (AvgIpc) is 2.48. The Hall–Kier alpha value is -0.870. The van der Waals surface area contributed by atoms with Crippen LogP contribution in [0, 0.1) is 0 Å². The predicted octanol–water partition coefficient (Wildman–Crippen LogP) is 4.71. The number of hydrogen-bond acceptors (Lipinski definition) is 3. The molecular weight excluding hydrogens is 304 g/mol. The van der Waals surface area contributed by atoms with Gasteiger partial charge in [0.2, 0.25) is 5.91 Å². The van der Waals surface area contributed by atoms with Gasteiger partial charge >= 0.3 is 0 Å². The van der Waals surface area contributed by atoms with Gasteiger partial charge in [-0.2, -0.15) is 11.8 Å². The number of halogens is 1. The molecule has 2 rings (SSSR count). The highest BCUT2D eigenvalue weighted by Gasteiger charge is 2.13. The van der Waals surface area contributed by atoms with Crippen LogP contribution in [0.3, 0.4) is 0 Å². The fourth-order valence-electron chi connectivity index (χ4n) is 2.56. The summed E-state index contributed by atoms with van der Waals surface area (Å²) in [5.41, 5.74) is 6.96. The lowest BCUT2D eigenvalue weighted by Crippen LogP contribution is -2.13. The van der Waals surface area contributed by atoms with Crippen molar-refractivity contribution in [2.75, 3.05) is 16.8 Å². The molecule has 0 atom stereocenters. The molecule has 0 spiro atoms. The minimum atomic E-state index is 0.00760. The van der Waals surface area contributed by atoms with Crippen LogP contribution in [0.1, 0.15) is 44.9 Å². The number of nitrogen functional groups attached to an aromatic ring is 1. The number of thioether (sulfide) groups is 1. The molecule has 1 aromatic carbocycles. The maximum absolute atomic E-state index is 11.9. The Morgan fingerprint density at radius 3 is 2.86 bits per heavy atom. The van der Waals surface area contributed by atoms with Crippen LogP contribution in [-0.2, 0) is 4.79 Å². The first-order valence-electron chi connectivity index (χ1n) is 7.61. The summed E-state index contributed by atoms with van der Waals surface area (Å²) in [5.74, 6) is 1.07. The summed E-state index contributed by atoms with van der Waals surface area (Å²) in [4.78, 5) is 11.9. The van der Waals surface area contributed by atoms with Gasteiger partial charge in [0.25, 0.3) is 0 Å². The van der Waals surface area contributed by atoms with Crippen molar-refractivity contribution in [1.29, 1.82) is 0 Å². The van der Waals surface area contributed by atoms with Crippen LogP contribution in [-0.4, -0.2) is 16.9 Å². The zero-order valence-corrected chi connectivity index (χ0v) is 13.8. The third-order valence-electron chi connectivity index (χ3n) is 3.74. The van der Waals surface area contributed by atoms with E-state index in [1.807, 2.05) is 11.8 Å². The van der Waals surface area contributed by atoms with E-state index >= 15 is 0 Å². The first kappa shape index (κ1) is 16.5. The van der Waals surface area contributed by atoms with Gasteiger partial charge in [-0.1, -0.05) is 30.9 Å². The van der Waals surface area contributed by atoms with Gasteiger partial charge in [0.15, 0.2) is 0 Å². The zero-order chi connectivity index (χ0) is 15.1. The maximum atomic E-state index is 11.9. The Morgan fingerprint density at radius 2 is 2.10 bits per heavy atom. The van der Waals surface area contributed by atoms with Crippen molar-refractivity contribution in [3.05, 3.63) is 23.2 Å². The Morgan fingerprint density at radius 1 is 1.33 bits per heavy atom. The predicted molar refractivity (Wildman–Crippen MR) is 93.1 cm³/mol. The van der Waals surface area contributed by atoms with Crippen molar-refractivity contribution < 1.29 is 4.79 Å². The van der Waals surface area contributed by atoms with Crippen LogP contribution in [0.4, 0.5) is 11.4 Å². The summed E-state index contributed by atoms with van der Waals surface area (Å²) < 4.78 is 0. The van der Waals surface area contributed by atoms with E-state index in [1.54, 1.807) is 18.2 Å². The Labute approximate surface area is 136 Å². The summed E-state index contributed by atoms with van der Waals surface area (Å²) in [6.07, 6.45) is 8.25. The first-order valence-corrected chi connectivity index (χ1v) is 9.04. The maximum Gasteiger partial charge on any atom is 0.224 e. The summed E-state index contributed by atoms with van der Waals surface area (Å²) in [6.45, 7) is 0. The van der Waals surface area contributed by atoms with Crippen LogP contribution in [0.5, 0.6) is 0 Å². The number of carbonyl (C=O) groups is 1. The molecule has 3 nitrogen and oxygen atoms in total. The minimum absolute atomic E-state index is 0.00760. The monoisotopic (exact) mass is 326 g/mol. The van der Waals surface area contributed by atoms with E-state index in [2.05, 4.69) is 5.32 Å². The van der Waals surface area contributed by atoms with E-state index in [1.165, 1.54) is 32.1 Å². The second-order valence-corrected chi connectivity index (χ2v) is 7.36. The normalized spacial score (nSPS) is 15.9. The molecule has 0 bridgehead atoms. The zero-order valence-electron chi connectivity index (χ0n) is 12.2. The van der Waals surface area contributed by atoms with Gasteiger partial charge in [0.05, 0.1) is 11.4 Å². The fourth-order valence-corrected chi connectivity index (χ4v) is 4.05. The summed E-state index contributed by atoms with van der Waals surface area (Å²) in [7, 11) is 0. The van der Waals surface area contributed by atoms with Crippen LogP contribution in [0.15, 0.2) is 18.2 Å². The molecule has 0 heterocycles. The van der Waals surface area contributed by atoms with Gasteiger partial charge in [-0.3, -0.25) is 4.79 Å². The minimum Gasteiger partial charge on any atom is -0.397 e.